The van der Waals surface area contributed by atoms with E-state index in [1.165, 1.54) is 0 Å². The van der Waals surface area contributed by atoms with Gasteiger partial charge in [-0.05, 0) is 37.1 Å². The maximum Gasteiger partial charge on any atom is 0.238 e. The van der Waals surface area contributed by atoms with Gasteiger partial charge in [-0.25, -0.2) is 8.42 Å². The van der Waals surface area contributed by atoms with E-state index in [0.29, 0.717) is 17.1 Å². The fourth-order valence-corrected chi connectivity index (χ4v) is 3.64. The van der Waals surface area contributed by atoms with E-state index in [4.69, 9.17) is 4.52 Å². The standard InChI is InChI=1S/C14H17N3O3S/c1-10-7-12(16-20-10)9-21(18,19)17-14-4-2-3-11-8-15-6-5-13(11)14/h2-4,7,15,17H,5-6,8-9H2,1H3. The molecule has 1 aromatic carbocycles. The topological polar surface area (TPSA) is 84.2 Å². The number of fused-ring (bicyclic) bond motifs is 1. The average molecular weight is 307 g/mol. The summed E-state index contributed by atoms with van der Waals surface area (Å²) in [5, 5.41) is 7.00. The molecule has 2 aromatic rings. The molecule has 0 saturated heterocycles. The average Bonchev–Trinajstić information content (AvgIpc) is 2.83. The number of aromatic nitrogens is 1. The van der Waals surface area contributed by atoms with E-state index in [1.54, 1.807) is 19.1 Å². The Balaban J connectivity index is 1.82. The molecule has 0 bridgehead atoms. The molecule has 0 radical (unpaired) electrons. The SMILES string of the molecule is Cc1cc(CS(=O)(=O)Nc2cccc3c2CCNC3)no1. The normalized spacial score (nSPS) is 14.7. The molecular formula is C14H17N3O3S. The predicted octanol–water partition coefficient (Wildman–Crippen LogP) is 1.57. The second-order valence-corrected chi connectivity index (χ2v) is 6.88. The molecule has 0 amide bonds. The number of hydrogen-bond donors (Lipinski definition) is 2. The Bertz CT molecular complexity index is 753. The largest absolute Gasteiger partial charge is 0.361 e. The van der Waals surface area contributed by atoms with Crippen molar-refractivity contribution in [2.45, 2.75) is 25.6 Å². The van der Waals surface area contributed by atoms with Gasteiger partial charge in [0.25, 0.3) is 0 Å². The molecule has 0 spiro atoms. The van der Waals surface area contributed by atoms with Crippen LogP contribution in [0.1, 0.15) is 22.6 Å². The number of nitrogens with zero attached hydrogens (tertiary/aromatic N) is 1. The van der Waals surface area contributed by atoms with E-state index in [1.807, 2.05) is 12.1 Å². The molecule has 2 N–H and O–H groups in total. The van der Waals surface area contributed by atoms with Gasteiger partial charge in [-0.3, -0.25) is 4.72 Å². The van der Waals surface area contributed by atoms with Crippen molar-refractivity contribution in [1.82, 2.24) is 10.5 Å². The van der Waals surface area contributed by atoms with Crippen molar-refractivity contribution in [3.05, 3.63) is 46.8 Å². The molecule has 21 heavy (non-hydrogen) atoms. The lowest BCUT2D eigenvalue weighted by Gasteiger charge is -2.20. The minimum atomic E-state index is -3.50. The summed E-state index contributed by atoms with van der Waals surface area (Å²) in [6.07, 6.45) is 0.817. The van der Waals surface area contributed by atoms with E-state index in [2.05, 4.69) is 15.2 Å². The summed E-state index contributed by atoms with van der Waals surface area (Å²) in [6, 6.07) is 7.31. The molecule has 1 aliphatic heterocycles. The van der Waals surface area contributed by atoms with Gasteiger partial charge in [-0.2, -0.15) is 0 Å². The lowest BCUT2D eigenvalue weighted by atomic mass is 9.99. The maximum atomic E-state index is 12.3. The lowest BCUT2D eigenvalue weighted by molar-refractivity contribution is 0.392. The molecule has 0 saturated carbocycles. The van der Waals surface area contributed by atoms with Gasteiger partial charge < -0.3 is 9.84 Å². The molecule has 1 aromatic heterocycles. The molecule has 3 rings (SSSR count). The summed E-state index contributed by atoms with van der Waals surface area (Å²) in [4.78, 5) is 0. The Labute approximate surface area is 123 Å². The van der Waals surface area contributed by atoms with Gasteiger partial charge in [0, 0.05) is 12.6 Å². The van der Waals surface area contributed by atoms with E-state index in [9.17, 15) is 8.42 Å². The zero-order chi connectivity index (χ0) is 14.9. The number of sulfonamides is 1. The summed E-state index contributed by atoms with van der Waals surface area (Å²) in [5.41, 5.74) is 3.27. The van der Waals surface area contributed by atoms with E-state index < -0.39 is 10.0 Å². The lowest BCUT2D eigenvalue weighted by Crippen LogP contribution is -2.25. The minimum absolute atomic E-state index is 0.188. The van der Waals surface area contributed by atoms with Crippen molar-refractivity contribution >= 4 is 15.7 Å². The molecular weight excluding hydrogens is 290 g/mol. The predicted molar refractivity (Wildman–Crippen MR) is 79.3 cm³/mol. The van der Waals surface area contributed by atoms with Crippen LogP contribution in [0.5, 0.6) is 0 Å². The van der Waals surface area contributed by atoms with Crippen LogP contribution in [0.4, 0.5) is 5.69 Å². The fraction of sp³-hybridized carbons (Fsp3) is 0.357. The first-order valence-electron chi connectivity index (χ1n) is 6.78. The zero-order valence-electron chi connectivity index (χ0n) is 11.7. The van der Waals surface area contributed by atoms with Crippen molar-refractivity contribution in [1.29, 1.82) is 0 Å². The molecule has 7 heteroatoms. The van der Waals surface area contributed by atoms with E-state index in [0.717, 1.165) is 30.6 Å². The molecule has 1 aliphatic rings. The van der Waals surface area contributed by atoms with Gasteiger partial charge in [-0.15, -0.1) is 0 Å². The van der Waals surface area contributed by atoms with Crippen molar-refractivity contribution in [2.75, 3.05) is 11.3 Å². The first kappa shape index (κ1) is 14.1. The number of hydrogen-bond acceptors (Lipinski definition) is 5. The molecule has 0 unspecified atom stereocenters. The van der Waals surface area contributed by atoms with Gasteiger partial charge >= 0.3 is 0 Å². The van der Waals surface area contributed by atoms with Crippen LogP contribution in [0.2, 0.25) is 0 Å². The molecule has 112 valence electrons. The highest BCUT2D eigenvalue weighted by Gasteiger charge is 2.19. The highest BCUT2D eigenvalue weighted by atomic mass is 32.2. The summed E-state index contributed by atoms with van der Waals surface area (Å²) >= 11 is 0. The van der Waals surface area contributed by atoms with E-state index in [-0.39, 0.29) is 5.75 Å². The van der Waals surface area contributed by atoms with Crippen LogP contribution >= 0.6 is 0 Å². The minimum Gasteiger partial charge on any atom is -0.361 e. The van der Waals surface area contributed by atoms with Crippen molar-refractivity contribution in [3.8, 4) is 0 Å². The van der Waals surface area contributed by atoms with Crippen LogP contribution in [0, 0.1) is 6.92 Å². The van der Waals surface area contributed by atoms with Crippen molar-refractivity contribution in [2.24, 2.45) is 0 Å². The molecule has 6 nitrogen and oxygen atoms in total. The Kier molecular flexibility index (Phi) is 3.69. The van der Waals surface area contributed by atoms with Crippen LogP contribution in [0.3, 0.4) is 0 Å². The Morgan fingerprint density at radius 3 is 3.05 bits per heavy atom. The first-order valence-corrected chi connectivity index (χ1v) is 8.43. The third kappa shape index (κ3) is 3.25. The van der Waals surface area contributed by atoms with Gasteiger partial charge in [0.1, 0.15) is 17.2 Å². The molecule has 0 atom stereocenters. The van der Waals surface area contributed by atoms with Gasteiger partial charge in [0.15, 0.2) is 0 Å². The van der Waals surface area contributed by atoms with Crippen molar-refractivity contribution in [3.63, 3.8) is 0 Å². The van der Waals surface area contributed by atoms with E-state index >= 15 is 0 Å². The third-order valence-electron chi connectivity index (χ3n) is 3.42. The highest BCUT2D eigenvalue weighted by Crippen LogP contribution is 2.24. The van der Waals surface area contributed by atoms with Crippen LogP contribution in [0.15, 0.2) is 28.8 Å². The first-order chi connectivity index (χ1) is 10.0. The zero-order valence-corrected chi connectivity index (χ0v) is 12.5. The summed E-state index contributed by atoms with van der Waals surface area (Å²) in [6.45, 7) is 3.36. The maximum absolute atomic E-state index is 12.3. The Hall–Kier alpha value is -1.86. The smallest absolute Gasteiger partial charge is 0.238 e. The molecule has 2 heterocycles. The quantitative estimate of drug-likeness (QED) is 0.895. The van der Waals surface area contributed by atoms with Crippen LogP contribution in [-0.2, 0) is 28.7 Å². The Morgan fingerprint density at radius 1 is 1.43 bits per heavy atom. The summed E-state index contributed by atoms with van der Waals surface area (Å²) in [7, 11) is -3.50. The number of aryl methyl sites for hydroxylation is 1. The van der Waals surface area contributed by atoms with Crippen molar-refractivity contribution < 1.29 is 12.9 Å². The van der Waals surface area contributed by atoms with Crippen LogP contribution in [0.25, 0.3) is 0 Å². The highest BCUT2D eigenvalue weighted by molar-refractivity contribution is 7.91. The van der Waals surface area contributed by atoms with Crippen LogP contribution in [-0.4, -0.2) is 20.1 Å². The number of benzene rings is 1. The second-order valence-electron chi connectivity index (χ2n) is 5.16. The summed E-state index contributed by atoms with van der Waals surface area (Å²) in [5.74, 6) is 0.412. The van der Waals surface area contributed by atoms with Gasteiger partial charge in [-0.1, -0.05) is 17.3 Å². The fourth-order valence-electron chi connectivity index (χ4n) is 2.51. The second kappa shape index (κ2) is 5.50. The Morgan fingerprint density at radius 2 is 2.29 bits per heavy atom. The van der Waals surface area contributed by atoms with Crippen LogP contribution < -0.4 is 10.0 Å². The van der Waals surface area contributed by atoms with Gasteiger partial charge in [0.2, 0.25) is 10.0 Å². The number of nitrogens with one attached hydrogen (secondary N) is 2. The van der Waals surface area contributed by atoms with Gasteiger partial charge in [0.05, 0.1) is 5.69 Å². The monoisotopic (exact) mass is 307 g/mol. The number of rotatable bonds is 4. The number of anilines is 1. The third-order valence-corrected chi connectivity index (χ3v) is 4.63. The molecule has 0 aliphatic carbocycles. The molecule has 0 fully saturated rings. The summed E-state index contributed by atoms with van der Waals surface area (Å²) < 4.78 is 32.1.